The van der Waals surface area contributed by atoms with Gasteiger partial charge in [-0.2, -0.15) is 0 Å². The smallest absolute Gasteiger partial charge is 0.246 e. The molecule has 1 aromatic carbocycles. The van der Waals surface area contributed by atoms with Crippen molar-refractivity contribution < 1.29 is 13.9 Å². The maximum absolute atomic E-state index is 12.9. The van der Waals surface area contributed by atoms with Gasteiger partial charge in [0.2, 0.25) is 5.91 Å². The van der Waals surface area contributed by atoms with Crippen LogP contribution in [0.15, 0.2) is 24.3 Å². The van der Waals surface area contributed by atoms with Gasteiger partial charge in [-0.1, -0.05) is 12.1 Å². The molecular weight excluding hydrogens is 247 g/mol. The number of nitrogens with one attached hydrogen (secondary N) is 2. The molecule has 1 aliphatic rings. The molecule has 0 saturated carbocycles. The molecule has 19 heavy (non-hydrogen) atoms. The molecule has 0 bridgehead atoms. The van der Waals surface area contributed by atoms with Crippen LogP contribution in [0, 0.1) is 5.82 Å². The molecule has 0 aromatic heterocycles. The van der Waals surface area contributed by atoms with Crippen molar-refractivity contribution in [3.05, 3.63) is 35.6 Å². The molecule has 1 aromatic rings. The van der Waals surface area contributed by atoms with Gasteiger partial charge in [-0.05, 0) is 31.0 Å². The molecule has 1 amide bonds. The van der Waals surface area contributed by atoms with E-state index >= 15 is 0 Å². The maximum Gasteiger partial charge on any atom is 0.246 e. The van der Waals surface area contributed by atoms with Gasteiger partial charge < -0.3 is 15.4 Å². The molecular formula is C14H19FN2O2. The lowest BCUT2D eigenvalue weighted by molar-refractivity contribution is -0.135. The van der Waals surface area contributed by atoms with Gasteiger partial charge in [-0.25, -0.2) is 4.39 Å². The summed E-state index contributed by atoms with van der Waals surface area (Å²) in [4.78, 5) is 11.6. The molecule has 2 rings (SSSR count). The fourth-order valence-corrected chi connectivity index (χ4v) is 1.91. The van der Waals surface area contributed by atoms with Crippen LogP contribution < -0.4 is 10.6 Å². The number of halogens is 1. The first kappa shape index (κ1) is 14.0. The van der Waals surface area contributed by atoms with Crippen LogP contribution in [0.5, 0.6) is 0 Å². The highest BCUT2D eigenvalue weighted by Crippen LogP contribution is 2.14. The van der Waals surface area contributed by atoms with Crippen LogP contribution in [-0.2, 0) is 16.0 Å². The number of carbonyl (C=O) groups excluding carboxylic acids is 1. The summed E-state index contributed by atoms with van der Waals surface area (Å²) >= 11 is 0. The van der Waals surface area contributed by atoms with Crippen LogP contribution in [-0.4, -0.2) is 37.7 Å². The van der Waals surface area contributed by atoms with Crippen LogP contribution >= 0.6 is 0 Å². The summed E-state index contributed by atoms with van der Waals surface area (Å²) in [6.07, 6.45) is 0.613. The molecule has 1 heterocycles. The first-order chi connectivity index (χ1) is 9.07. The largest absolute Gasteiger partial charge is 0.363 e. The second-order valence-corrected chi connectivity index (χ2v) is 5.07. The van der Waals surface area contributed by atoms with Crippen molar-refractivity contribution in [2.45, 2.75) is 18.9 Å². The molecule has 104 valence electrons. The Morgan fingerprint density at radius 3 is 2.95 bits per heavy atom. The molecule has 0 spiro atoms. The number of amides is 1. The summed E-state index contributed by atoms with van der Waals surface area (Å²) in [5.41, 5.74) is 0.663. The number of ether oxygens (including phenoxy) is 1. The number of benzene rings is 1. The van der Waals surface area contributed by atoms with E-state index in [4.69, 9.17) is 4.74 Å². The van der Waals surface area contributed by atoms with E-state index < -0.39 is 0 Å². The quantitative estimate of drug-likeness (QED) is 0.803. The van der Waals surface area contributed by atoms with E-state index in [0.29, 0.717) is 13.0 Å². The molecule has 0 radical (unpaired) electrons. The minimum Gasteiger partial charge on any atom is -0.363 e. The highest BCUT2D eigenvalue weighted by atomic mass is 19.1. The molecule has 0 aliphatic carbocycles. The number of carbonyl (C=O) groups is 1. The second-order valence-electron chi connectivity index (χ2n) is 5.07. The van der Waals surface area contributed by atoms with Crippen LogP contribution in [0.1, 0.15) is 12.5 Å². The molecule has 1 fully saturated rings. The molecule has 2 N–H and O–H groups in total. The average Bonchev–Trinajstić information content (AvgIpc) is 2.34. The van der Waals surface area contributed by atoms with Gasteiger partial charge in [0.05, 0.1) is 5.60 Å². The van der Waals surface area contributed by atoms with Crippen molar-refractivity contribution in [3.8, 4) is 0 Å². The van der Waals surface area contributed by atoms with E-state index in [1.807, 2.05) is 13.0 Å². The average molecular weight is 266 g/mol. The van der Waals surface area contributed by atoms with Crippen LogP contribution in [0.25, 0.3) is 0 Å². The Kier molecular flexibility index (Phi) is 4.50. The predicted octanol–water partition coefficient (Wildman–Crippen LogP) is 0.863. The van der Waals surface area contributed by atoms with Gasteiger partial charge in [-0.15, -0.1) is 0 Å². The van der Waals surface area contributed by atoms with E-state index in [1.165, 1.54) is 12.1 Å². The van der Waals surface area contributed by atoms with Crippen LogP contribution in [0.2, 0.25) is 0 Å². The normalized spacial score (nSPS) is 16.7. The third-order valence-electron chi connectivity index (χ3n) is 3.17. The SMILES string of the molecule is CC1(OCC(=O)NCCc2cccc(F)c2)CNC1. The Morgan fingerprint density at radius 1 is 1.53 bits per heavy atom. The summed E-state index contributed by atoms with van der Waals surface area (Å²) < 4.78 is 18.5. The summed E-state index contributed by atoms with van der Waals surface area (Å²) in [6.45, 7) is 4.10. The zero-order valence-electron chi connectivity index (χ0n) is 11.0. The van der Waals surface area contributed by atoms with Gasteiger partial charge in [0.15, 0.2) is 0 Å². The minimum atomic E-state index is -0.252. The Labute approximate surface area is 112 Å². The fraction of sp³-hybridized carbons (Fsp3) is 0.500. The van der Waals surface area contributed by atoms with Crippen molar-refractivity contribution in [3.63, 3.8) is 0 Å². The fourth-order valence-electron chi connectivity index (χ4n) is 1.91. The molecule has 4 nitrogen and oxygen atoms in total. The Hall–Kier alpha value is -1.46. The highest BCUT2D eigenvalue weighted by molar-refractivity contribution is 5.77. The molecule has 0 unspecified atom stereocenters. The zero-order chi connectivity index (χ0) is 13.7. The topological polar surface area (TPSA) is 50.4 Å². The first-order valence-corrected chi connectivity index (χ1v) is 6.43. The van der Waals surface area contributed by atoms with Crippen molar-refractivity contribution in [1.82, 2.24) is 10.6 Å². The van der Waals surface area contributed by atoms with Gasteiger partial charge >= 0.3 is 0 Å². The van der Waals surface area contributed by atoms with Crippen LogP contribution in [0.3, 0.4) is 0 Å². The second kappa shape index (κ2) is 6.12. The van der Waals surface area contributed by atoms with Crippen molar-refractivity contribution in [1.29, 1.82) is 0 Å². The lowest BCUT2D eigenvalue weighted by Crippen LogP contribution is -2.59. The lowest BCUT2D eigenvalue weighted by Gasteiger charge is -2.38. The Bertz CT molecular complexity index is 447. The van der Waals surface area contributed by atoms with Gasteiger partial charge in [0.1, 0.15) is 12.4 Å². The third kappa shape index (κ3) is 4.29. The predicted molar refractivity (Wildman–Crippen MR) is 70.3 cm³/mol. The van der Waals surface area contributed by atoms with Gasteiger partial charge in [0.25, 0.3) is 0 Å². The number of hydrogen-bond acceptors (Lipinski definition) is 3. The van der Waals surface area contributed by atoms with E-state index in [-0.39, 0.29) is 23.9 Å². The van der Waals surface area contributed by atoms with E-state index in [2.05, 4.69) is 10.6 Å². The van der Waals surface area contributed by atoms with Crippen molar-refractivity contribution >= 4 is 5.91 Å². The van der Waals surface area contributed by atoms with Crippen LogP contribution in [0.4, 0.5) is 4.39 Å². The van der Waals surface area contributed by atoms with Gasteiger partial charge in [0, 0.05) is 19.6 Å². The Morgan fingerprint density at radius 2 is 2.32 bits per heavy atom. The molecule has 1 aliphatic heterocycles. The third-order valence-corrected chi connectivity index (χ3v) is 3.17. The van der Waals surface area contributed by atoms with E-state index in [0.717, 1.165) is 18.7 Å². The molecule has 5 heteroatoms. The molecule has 0 atom stereocenters. The maximum atomic E-state index is 12.9. The van der Waals surface area contributed by atoms with Crippen molar-refractivity contribution in [2.75, 3.05) is 26.2 Å². The monoisotopic (exact) mass is 266 g/mol. The van der Waals surface area contributed by atoms with Gasteiger partial charge in [-0.3, -0.25) is 4.79 Å². The summed E-state index contributed by atoms with van der Waals surface area (Å²) in [5.74, 6) is -0.387. The Balaban J connectivity index is 1.63. The number of rotatable bonds is 6. The van der Waals surface area contributed by atoms with Crippen molar-refractivity contribution in [2.24, 2.45) is 0 Å². The summed E-state index contributed by atoms with van der Waals surface area (Å²) in [6, 6.07) is 6.39. The number of hydrogen-bond donors (Lipinski definition) is 2. The van der Waals surface area contributed by atoms with E-state index in [9.17, 15) is 9.18 Å². The first-order valence-electron chi connectivity index (χ1n) is 6.43. The summed E-state index contributed by atoms with van der Waals surface area (Å²) in [5, 5.41) is 5.87. The van der Waals surface area contributed by atoms with E-state index in [1.54, 1.807) is 6.07 Å². The lowest BCUT2D eigenvalue weighted by atomic mass is 10.0. The minimum absolute atomic E-state index is 0.0708. The standard InChI is InChI=1S/C14H19FN2O2/c1-14(9-16-10-14)19-8-13(18)17-6-5-11-3-2-4-12(15)7-11/h2-4,7,16H,5-6,8-10H2,1H3,(H,17,18). The molecule has 1 saturated heterocycles. The zero-order valence-corrected chi connectivity index (χ0v) is 11.0. The summed E-state index contributed by atoms with van der Waals surface area (Å²) in [7, 11) is 0. The highest BCUT2D eigenvalue weighted by Gasteiger charge is 2.32.